The van der Waals surface area contributed by atoms with Gasteiger partial charge in [-0.2, -0.15) is 0 Å². The monoisotopic (exact) mass is 352 g/mol. The molecule has 0 aromatic carbocycles. The quantitative estimate of drug-likeness (QED) is 0.367. The topological polar surface area (TPSA) is 38.7 Å². The van der Waals surface area contributed by atoms with Gasteiger partial charge in [0.25, 0.3) is 0 Å². The fraction of sp³-hybridized carbons (Fsp3) is 0.909. The summed E-state index contributed by atoms with van der Waals surface area (Å²) in [4.78, 5) is 0. The summed E-state index contributed by atoms with van der Waals surface area (Å²) in [5.74, 6) is 6.04. The van der Waals surface area contributed by atoms with E-state index in [9.17, 15) is 5.11 Å². The van der Waals surface area contributed by atoms with Crippen LogP contribution in [0.5, 0.6) is 0 Å². The Morgan fingerprint density at radius 2 is 1.48 bits per heavy atom. The number of ether oxygens (including phenoxy) is 2. The maximum absolute atomic E-state index is 10.1. The summed E-state index contributed by atoms with van der Waals surface area (Å²) in [5, 5.41) is 10.1. The van der Waals surface area contributed by atoms with Gasteiger partial charge in [-0.15, -0.1) is 11.8 Å². The molecule has 1 N–H and O–H groups in total. The summed E-state index contributed by atoms with van der Waals surface area (Å²) in [6.45, 7) is 8.10. The van der Waals surface area contributed by atoms with Gasteiger partial charge in [0.1, 0.15) is 6.10 Å². The van der Waals surface area contributed by atoms with Gasteiger partial charge < -0.3 is 14.6 Å². The Morgan fingerprint density at radius 1 is 0.880 bits per heavy atom. The van der Waals surface area contributed by atoms with E-state index in [0.29, 0.717) is 6.42 Å². The molecule has 0 spiro atoms. The molecule has 1 fully saturated rings. The molecule has 25 heavy (non-hydrogen) atoms. The predicted octanol–water partition coefficient (Wildman–Crippen LogP) is 5.59. The van der Waals surface area contributed by atoms with Crippen LogP contribution in [0, 0.1) is 11.8 Å². The zero-order chi connectivity index (χ0) is 18.5. The standard InChI is InChI=1S/C22H40O3/c1-5-7-8-9-10-11-12-13-14-15-16-17-18-20-21(19(23)6-2)25-22(3,4)24-20/h19-21,23H,5-10,13-18H2,1-4H3/t19-,20+,21+/m1/s1. The first-order chi connectivity index (χ1) is 12.0. The third kappa shape index (κ3) is 9.64. The van der Waals surface area contributed by atoms with Crippen molar-refractivity contribution >= 4 is 0 Å². The molecule has 3 nitrogen and oxygen atoms in total. The van der Waals surface area contributed by atoms with Gasteiger partial charge >= 0.3 is 0 Å². The molecule has 0 amide bonds. The summed E-state index contributed by atoms with van der Waals surface area (Å²) in [5.41, 5.74) is 0. The third-order valence-electron chi connectivity index (χ3n) is 4.84. The summed E-state index contributed by atoms with van der Waals surface area (Å²) < 4.78 is 11.9. The van der Waals surface area contributed by atoms with Gasteiger partial charge in [0.15, 0.2) is 5.79 Å². The Balaban J connectivity index is 2.08. The maximum atomic E-state index is 10.1. The van der Waals surface area contributed by atoms with Crippen LogP contribution in [0.4, 0.5) is 0 Å². The minimum atomic E-state index is -0.571. The largest absolute Gasteiger partial charge is 0.390 e. The average Bonchev–Trinajstić information content (AvgIpc) is 2.90. The molecule has 0 aromatic heterocycles. The molecule has 0 radical (unpaired) electrons. The van der Waals surface area contributed by atoms with E-state index < -0.39 is 11.9 Å². The second-order valence-electron chi connectivity index (χ2n) is 7.73. The molecule has 0 saturated carbocycles. The Kier molecular flexibility index (Phi) is 11.5. The van der Waals surface area contributed by atoms with Gasteiger partial charge in [0.2, 0.25) is 0 Å². The third-order valence-corrected chi connectivity index (χ3v) is 4.84. The van der Waals surface area contributed by atoms with Crippen molar-refractivity contribution in [1.29, 1.82) is 0 Å². The van der Waals surface area contributed by atoms with E-state index in [4.69, 9.17) is 9.47 Å². The molecule has 1 heterocycles. The summed E-state index contributed by atoms with van der Waals surface area (Å²) >= 11 is 0. The second-order valence-corrected chi connectivity index (χ2v) is 7.73. The van der Waals surface area contributed by atoms with Crippen LogP contribution in [0.25, 0.3) is 0 Å². The number of hydrogen-bond donors (Lipinski definition) is 1. The van der Waals surface area contributed by atoms with Crippen LogP contribution in [0.3, 0.4) is 0 Å². The second kappa shape index (κ2) is 12.7. The molecule has 1 aliphatic heterocycles. The van der Waals surface area contributed by atoms with Crippen molar-refractivity contribution in [3.05, 3.63) is 0 Å². The van der Waals surface area contributed by atoms with Gasteiger partial charge in [-0.3, -0.25) is 0 Å². The number of rotatable bonds is 12. The lowest BCUT2D eigenvalue weighted by atomic mass is 10.00. The summed E-state index contributed by atoms with van der Waals surface area (Å²) in [7, 11) is 0. The maximum Gasteiger partial charge on any atom is 0.163 e. The molecule has 1 aliphatic rings. The number of aliphatic hydroxyl groups excluding tert-OH is 1. The van der Waals surface area contributed by atoms with Crippen molar-refractivity contribution < 1.29 is 14.6 Å². The van der Waals surface area contributed by atoms with E-state index in [1.54, 1.807) is 0 Å². The van der Waals surface area contributed by atoms with Crippen molar-refractivity contribution in [3.63, 3.8) is 0 Å². The molecule has 146 valence electrons. The van der Waals surface area contributed by atoms with Gasteiger partial charge in [-0.05, 0) is 39.5 Å². The van der Waals surface area contributed by atoms with Crippen LogP contribution in [-0.4, -0.2) is 29.2 Å². The summed E-state index contributed by atoms with van der Waals surface area (Å²) in [6.07, 6.45) is 13.1. The molecule has 1 rings (SSSR count). The van der Waals surface area contributed by atoms with Crippen molar-refractivity contribution in [3.8, 4) is 11.8 Å². The molecule has 0 unspecified atom stereocenters. The van der Waals surface area contributed by atoms with Crippen LogP contribution < -0.4 is 0 Å². The normalized spacial score (nSPS) is 23.2. The van der Waals surface area contributed by atoms with Gasteiger partial charge in [-0.1, -0.05) is 52.4 Å². The lowest BCUT2D eigenvalue weighted by molar-refractivity contribution is -0.155. The molecule has 1 saturated heterocycles. The van der Waals surface area contributed by atoms with Crippen molar-refractivity contribution in [2.45, 2.75) is 129 Å². The highest BCUT2D eigenvalue weighted by molar-refractivity contribution is 4.98. The van der Waals surface area contributed by atoms with Gasteiger partial charge in [0.05, 0.1) is 12.2 Å². The Morgan fingerprint density at radius 3 is 2.08 bits per heavy atom. The summed E-state index contributed by atoms with van der Waals surface area (Å²) in [6, 6.07) is 0. The molecule has 0 aliphatic carbocycles. The minimum Gasteiger partial charge on any atom is -0.390 e. The predicted molar refractivity (Wildman–Crippen MR) is 104 cm³/mol. The van der Waals surface area contributed by atoms with Crippen LogP contribution in [0.1, 0.15) is 105 Å². The number of unbranched alkanes of at least 4 members (excludes halogenated alkanes) is 8. The van der Waals surface area contributed by atoms with Crippen molar-refractivity contribution in [2.75, 3.05) is 0 Å². The highest BCUT2D eigenvalue weighted by Gasteiger charge is 2.43. The van der Waals surface area contributed by atoms with E-state index in [-0.39, 0.29) is 12.2 Å². The number of aliphatic hydroxyl groups is 1. The first-order valence-electron chi connectivity index (χ1n) is 10.5. The minimum absolute atomic E-state index is 0.0212. The Hall–Kier alpha value is -0.560. The Bertz CT molecular complexity index is 394. The van der Waals surface area contributed by atoms with E-state index in [1.807, 2.05) is 20.8 Å². The first-order valence-corrected chi connectivity index (χ1v) is 10.5. The van der Waals surface area contributed by atoms with E-state index in [2.05, 4.69) is 18.8 Å². The fourth-order valence-electron chi connectivity index (χ4n) is 3.37. The molecular weight excluding hydrogens is 312 g/mol. The van der Waals surface area contributed by atoms with Crippen molar-refractivity contribution in [1.82, 2.24) is 0 Å². The highest BCUT2D eigenvalue weighted by Crippen LogP contribution is 2.33. The zero-order valence-corrected chi connectivity index (χ0v) is 17.0. The van der Waals surface area contributed by atoms with Crippen LogP contribution >= 0.6 is 0 Å². The van der Waals surface area contributed by atoms with Crippen molar-refractivity contribution in [2.24, 2.45) is 0 Å². The highest BCUT2D eigenvalue weighted by atomic mass is 16.8. The number of hydrogen-bond acceptors (Lipinski definition) is 3. The SMILES string of the molecule is CCCCCCC#CCCCCCC[C@@H]1OC(C)(C)O[C@H]1[C@H](O)CC. The lowest BCUT2D eigenvalue weighted by Crippen LogP contribution is -2.35. The van der Waals surface area contributed by atoms with E-state index in [1.165, 1.54) is 44.9 Å². The Labute approximate surface area is 155 Å². The molecular formula is C22H40O3. The molecule has 0 aromatic rings. The molecule has 0 bridgehead atoms. The molecule has 3 atom stereocenters. The average molecular weight is 353 g/mol. The van der Waals surface area contributed by atoms with Crippen LogP contribution in [-0.2, 0) is 9.47 Å². The fourth-order valence-corrected chi connectivity index (χ4v) is 3.37. The van der Waals surface area contributed by atoms with E-state index >= 15 is 0 Å². The van der Waals surface area contributed by atoms with Crippen LogP contribution in [0.2, 0.25) is 0 Å². The smallest absolute Gasteiger partial charge is 0.163 e. The molecule has 3 heteroatoms. The van der Waals surface area contributed by atoms with Gasteiger partial charge in [0, 0.05) is 12.8 Å². The lowest BCUT2D eigenvalue weighted by Gasteiger charge is -2.21. The first kappa shape index (κ1) is 22.5. The van der Waals surface area contributed by atoms with Crippen LogP contribution in [0.15, 0.2) is 0 Å². The zero-order valence-electron chi connectivity index (χ0n) is 17.0. The van der Waals surface area contributed by atoms with Gasteiger partial charge in [-0.25, -0.2) is 0 Å². The van der Waals surface area contributed by atoms with E-state index in [0.717, 1.165) is 25.7 Å².